The van der Waals surface area contributed by atoms with Gasteiger partial charge in [-0.25, -0.2) is 0 Å². The number of benzene rings is 1. The molecule has 0 saturated carbocycles. The summed E-state index contributed by atoms with van der Waals surface area (Å²) in [6.45, 7) is 2.46. The highest BCUT2D eigenvalue weighted by Crippen LogP contribution is 2.21. The Morgan fingerprint density at radius 2 is 1.65 bits per heavy atom. The highest BCUT2D eigenvalue weighted by Gasteiger charge is 1.99. The van der Waals surface area contributed by atoms with E-state index in [4.69, 9.17) is 10.5 Å². The molecule has 1 unspecified atom stereocenters. The van der Waals surface area contributed by atoms with E-state index in [0.29, 0.717) is 6.61 Å². The number of nitrogens with two attached hydrogens (primary N) is 1. The maximum atomic E-state index is 5.63. The molecule has 1 heterocycles. The normalized spacial score (nSPS) is 12.1. The average Bonchev–Trinajstić information content (AvgIpc) is 2.38. The molecule has 0 amide bonds. The van der Waals surface area contributed by atoms with Gasteiger partial charge >= 0.3 is 0 Å². The molecule has 88 valence electrons. The molecule has 17 heavy (non-hydrogen) atoms. The number of rotatable bonds is 4. The van der Waals surface area contributed by atoms with Gasteiger partial charge in [-0.1, -0.05) is 12.1 Å². The molecule has 1 aromatic heterocycles. The van der Waals surface area contributed by atoms with E-state index < -0.39 is 0 Å². The van der Waals surface area contributed by atoms with Crippen LogP contribution >= 0.6 is 0 Å². The van der Waals surface area contributed by atoms with Crippen molar-refractivity contribution in [2.24, 2.45) is 5.73 Å². The van der Waals surface area contributed by atoms with Gasteiger partial charge in [-0.3, -0.25) is 4.98 Å². The fourth-order valence-corrected chi connectivity index (χ4v) is 1.52. The highest BCUT2D eigenvalue weighted by molar-refractivity contribution is 5.63. The molecule has 2 rings (SSSR count). The van der Waals surface area contributed by atoms with Crippen LogP contribution in [0.4, 0.5) is 0 Å². The average molecular weight is 228 g/mol. The molecule has 3 nitrogen and oxygen atoms in total. The Morgan fingerprint density at radius 3 is 2.24 bits per heavy atom. The molecule has 2 aromatic rings. The zero-order chi connectivity index (χ0) is 12.1. The molecule has 1 aromatic carbocycles. The first-order chi connectivity index (χ1) is 8.25. The molecular weight excluding hydrogens is 212 g/mol. The summed E-state index contributed by atoms with van der Waals surface area (Å²) in [5.41, 5.74) is 7.93. The van der Waals surface area contributed by atoms with Gasteiger partial charge in [0, 0.05) is 18.4 Å². The van der Waals surface area contributed by atoms with Crippen LogP contribution in [0.3, 0.4) is 0 Å². The molecule has 1 atom stereocenters. The first-order valence-electron chi connectivity index (χ1n) is 5.64. The largest absolute Gasteiger partial charge is 0.492 e. The van der Waals surface area contributed by atoms with Crippen molar-refractivity contribution in [2.45, 2.75) is 13.0 Å². The number of ether oxygens (including phenoxy) is 1. The predicted octanol–water partition coefficient (Wildman–Crippen LogP) is 2.47. The summed E-state index contributed by atoms with van der Waals surface area (Å²) >= 11 is 0. The van der Waals surface area contributed by atoms with Crippen molar-refractivity contribution in [3.8, 4) is 16.9 Å². The Kier molecular flexibility index (Phi) is 3.73. The molecule has 3 heteroatoms. The SMILES string of the molecule is CC(N)COc1ccc(-c2ccncc2)cc1. The summed E-state index contributed by atoms with van der Waals surface area (Å²) in [5.74, 6) is 0.847. The van der Waals surface area contributed by atoms with Gasteiger partial charge in [0.2, 0.25) is 0 Å². The topological polar surface area (TPSA) is 48.1 Å². The van der Waals surface area contributed by atoms with E-state index in [9.17, 15) is 0 Å². The summed E-state index contributed by atoms with van der Waals surface area (Å²) in [7, 11) is 0. The second-order valence-electron chi connectivity index (χ2n) is 4.05. The van der Waals surface area contributed by atoms with Gasteiger partial charge in [-0.05, 0) is 42.3 Å². The molecule has 0 radical (unpaired) electrons. The fourth-order valence-electron chi connectivity index (χ4n) is 1.52. The van der Waals surface area contributed by atoms with Crippen LogP contribution in [-0.4, -0.2) is 17.6 Å². The first-order valence-corrected chi connectivity index (χ1v) is 5.64. The van der Waals surface area contributed by atoms with Crippen LogP contribution in [0.5, 0.6) is 5.75 Å². The maximum Gasteiger partial charge on any atom is 0.119 e. The molecule has 2 N–H and O–H groups in total. The van der Waals surface area contributed by atoms with Crippen LogP contribution in [0, 0.1) is 0 Å². The van der Waals surface area contributed by atoms with E-state index in [2.05, 4.69) is 4.98 Å². The Morgan fingerprint density at radius 1 is 1.06 bits per heavy atom. The van der Waals surface area contributed by atoms with Gasteiger partial charge < -0.3 is 10.5 Å². The Balaban J connectivity index is 2.08. The summed E-state index contributed by atoms with van der Waals surface area (Å²) < 4.78 is 5.52. The zero-order valence-corrected chi connectivity index (χ0v) is 9.84. The molecular formula is C14H16N2O. The monoisotopic (exact) mass is 228 g/mol. The number of aromatic nitrogens is 1. The third kappa shape index (κ3) is 3.29. The zero-order valence-electron chi connectivity index (χ0n) is 9.84. The molecule has 0 fully saturated rings. The van der Waals surface area contributed by atoms with Crippen LogP contribution in [0.25, 0.3) is 11.1 Å². The molecule has 0 aliphatic carbocycles. The quantitative estimate of drug-likeness (QED) is 0.874. The van der Waals surface area contributed by atoms with E-state index in [1.54, 1.807) is 12.4 Å². The van der Waals surface area contributed by atoms with Gasteiger partial charge in [-0.2, -0.15) is 0 Å². The van der Waals surface area contributed by atoms with E-state index in [1.807, 2.05) is 43.3 Å². The Hall–Kier alpha value is -1.87. The minimum Gasteiger partial charge on any atom is -0.492 e. The second-order valence-corrected chi connectivity index (χ2v) is 4.05. The minimum atomic E-state index is 0.0508. The number of pyridine rings is 1. The molecule has 0 saturated heterocycles. The standard InChI is InChI=1S/C14H16N2O/c1-11(15)10-17-14-4-2-12(3-5-14)13-6-8-16-9-7-13/h2-9,11H,10,15H2,1H3. The summed E-state index contributed by atoms with van der Waals surface area (Å²) in [6, 6.07) is 12.0. The highest BCUT2D eigenvalue weighted by atomic mass is 16.5. The van der Waals surface area contributed by atoms with Crippen LogP contribution in [0.1, 0.15) is 6.92 Å². The second kappa shape index (κ2) is 5.46. The van der Waals surface area contributed by atoms with Crippen LogP contribution < -0.4 is 10.5 Å². The molecule has 0 spiro atoms. The van der Waals surface area contributed by atoms with Crippen molar-refractivity contribution < 1.29 is 4.74 Å². The maximum absolute atomic E-state index is 5.63. The van der Waals surface area contributed by atoms with Crippen LogP contribution in [0.2, 0.25) is 0 Å². The van der Waals surface area contributed by atoms with Gasteiger partial charge in [-0.15, -0.1) is 0 Å². The fraction of sp³-hybridized carbons (Fsp3) is 0.214. The van der Waals surface area contributed by atoms with Gasteiger partial charge in [0.05, 0.1) is 0 Å². The van der Waals surface area contributed by atoms with E-state index in [0.717, 1.165) is 16.9 Å². The third-order valence-electron chi connectivity index (χ3n) is 2.38. The predicted molar refractivity (Wildman–Crippen MR) is 68.8 cm³/mol. The number of hydrogen-bond donors (Lipinski definition) is 1. The van der Waals surface area contributed by atoms with E-state index in [-0.39, 0.29) is 6.04 Å². The molecule has 0 aliphatic heterocycles. The van der Waals surface area contributed by atoms with Crippen molar-refractivity contribution in [3.05, 3.63) is 48.8 Å². The number of nitrogens with zero attached hydrogens (tertiary/aromatic N) is 1. The van der Waals surface area contributed by atoms with Gasteiger partial charge in [0.1, 0.15) is 12.4 Å². The lowest BCUT2D eigenvalue weighted by atomic mass is 10.1. The van der Waals surface area contributed by atoms with Gasteiger partial charge in [0.15, 0.2) is 0 Å². The lowest BCUT2D eigenvalue weighted by Crippen LogP contribution is -2.23. The van der Waals surface area contributed by atoms with Crippen molar-refractivity contribution in [1.29, 1.82) is 0 Å². The third-order valence-corrected chi connectivity index (χ3v) is 2.38. The molecule has 0 bridgehead atoms. The summed E-state index contributed by atoms with van der Waals surface area (Å²) in [5, 5.41) is 0. The first kappa shape index (κ1) is 11.6. The van der Waals surface area contributed by atoms with Crippen molar-refractivity contribution in [2.75, 3.05) is 6.61 Å². The lowest BCUT2D eigenvalue weighted by molar-refractivity contribution is 0.296. The van der Waals surface area contributed by atoms with Crippen molar-refractivity contribution in [1.82, 2.24) is 4.98 Å². The molecule has 0 aliphatic rings. The number of hydrogen-bond acceptors (Lipinski definition) is 3. The Labute approximate surface area is 101 Å². The summed E-state index contributed by atoms with van der Waals surface area (Å²) in [4.78, 5) is 4.00. The van der Waals surface area contributed by atoms with Gasteiger partial charge in [0.25, 0.3) is 0 Å². The van der Waals surface area contributed by atoms with Crippen molar-refractivity contribution >= 4 is 0 Å². The van der Waals surface area contributed by atoms with E-state index >= 15 is 0 Å². The van der Waals surface area contributed by atoms with E-state index in [1.165, 1.54) is 0 Å². The van der Waals surface area contributed by atoms with Crippen molar-refractivity contribution in [3.63, 3.8) is 0 Å². The summed E-state index contributed by atoms with van der Waals surface area (Å²) in [6.07, 6.45) is 3.58. The smallest absolute Gasteiger partial charge is 0.119 e. The lowest BCUT2D eigenvalue weighted by Gasteiger charge is -2.09. The van der Waals surface area contributed by atoms with Crippen LogP contribution in [-0.2, 0) is 0 Å². The minimum absolute atomic E-state index is 0.0508. The van der Waals surface area contributed by atoms with Crippen LogP contribution in [0.15, 0.2) is 48.8 Å². The Bertz CT molecular complexity index is 451.